The van der Waals surface area contributed by atoms with Crippen molar-refractivity contribution < 1.29 is 0 Å². The van der Waals surface area contributed by atoms with E-state index in [0.717, 1.165) is 0 Å². The molecule has 46 heavy (non-hydrogen) atoms. The Labute approximate surface area is 270 Å². The minimum Gasteiger partial charge on any atom is -0.309 e. The Balaban J connectivity index is 1.28. The number of hydrogen-bond donors (Lipinski definition) is 0. The minimum absolute atomic E-state index is 1.18. The fraction of sp³-hybridized carbons (Fsp3) is 0. The Kier molecular flexibility index (Phi) is 5.51. The lowest BCUT2D eigenvalue weighted by Crippen LogP contribution is -1.92. The van der Waals surface area contributed by atoms with Crippen LogP contribution in [0.4, 0.5) is 0 Å². The molecule has 0 N–H and O–H groups in total. The highest BCUT2D eigenvalue weighted by molar-refractivity contribution is 7.25. The van der Waals surface area contributed by atoms with Crippen molar-refractivity contribution in [1.29, 1.82) is 0 Å². The molecule has 2 heteroatoms. The van der Waals surface area contributed by atoms with Crippen molar-refractivity contribution >= 4 is 74.9 Å². The maximum absolute atomic E-state index is 2.44. The third-order valence-electron chi connectivity index (χ3n) is 9.56. The molecule has 0 aliphatic heterocycles. The zero-order valence-corrected chi connectivity index (χ0v) is 25.8. The van der Waals surface area contributed by atoms with Gasteiger partial charge in [-0.15, -0.1) is 11.3 Å². The number of rotatable bonds is 3. The van der Waals surface area contributed by atoms with Crippen LogP contribution >= 0.6 is 11.3 Å². The smallest absolute Gasteiger partial charge is 0.0548 e. The van der Waals surface area contributed by atoms with Crippen molar-refractivity contribution in [3.05, 3.63) is 164 Å². The zero-order valence-electron chi connectivity index (χ0n) is 24.9. The summed E-state index contributed by atoms with van der Waals surface area (Å²) in [6.07, 6.45) is 0. The molecule has 1 nitrogen and oxygen atoms in total. The Bertz CT molecular complexity index is 2730. The molecule has 0 spiro atoms. The summed E-state index contributed by atoms with van der Waals surface area (Å²) in [6, 6.07) is 60.1. The average molecular weight is 602 g/mol. The first-order valence-corrected chi connectivity index (χ1v) is 16.6. The van der Waals surface area contributed by atoms with Gasteiger partial charge in [0.2, 0.25) is 0 Å². The number of nitrogens with zero attached hydrogens (tertiary/aromatic N) is 1. The summed E-state index contributed by atoms with van der Waals surface area (Å²) in [5.41, 5.74) is 8.77. The molecule has 10 aromatic rings. The topological polar surface area (TPSA) is 4.93 Å². The molecule has 214 valence electrons. The molecule has 0 saturated heterocycles. The molecule has 0 radical (unpaired) electrons. The lowest BCUT2D eigenvalue weighted by molar-refractivity contribution is 1.18. The second-order valence-corrected chi connectivity index (χ2v) is 13.2. The highest BCUT2D eigenvalue weighted by Gasteiger charge is 2.19. The highest BCUT2D eigenvalue weighted by Crippen LogP contribution is 2.46. The summed E-state index contributed by atoms with van der Waals surface area (Å²) < 4.78 is 5.06. The summed E-state index contributed by atoms with van der Waals surface area (Å²) in [5, 5.41) is 10.3. The monoisotopic (exact) mass is 601 g/mol. The maximum Gasteiger partial charge on any atom is 0.0548 e. The predicted octanol–water partition coefficient (Wildman–Crippen LogP) is 12.8. The molecule has 0 amide bonds. The fourth-order valence-corrected chi connectivity index (χ4v) is 8.71. The lowest BCUT2D eigenvalue weighted by atomic mass is 9.86. The third-order valence-corrected chi connectivity index (χ3v) is 10.7. The summed E-state index contributed by atoms with van der Waals surface area (Å²) in [6.45, 7) is 0. The number of hydrogen-bond acceptors (Lipinski definition) is 1. The standard InChI is InChI=1S/C44H27NS/c1-3-13-28(14-4-1)43-32-18-7-9-20-34(32)44(35-21-10-8-19-33(35)43)29-23-24-41-37(25-29)38-26-40-36(27-42(38)46-41)31-17-11-12-22-39(31)45(40)30-15-5-2-6-16-30/h1-27H. The van der Waals surface area contributed by atoms with Crippen LogP contribution in [-0.2, 0) is 0 Å². The van der Waals surface area contributed by atoms with Crippen LogP contribution in [0.15, 0.2) is 164 Å². The Morgan fingerprint density at radius 3 is 1.54 bits per heavy atom. The van der Waals surface area contributed by atoms with Gasteiger partial charge in [0.15, 0.2) is 0 Å². The number of benzene rings is 8. The number of fused-ring (bicyclic) bond motifs is 8. The quantitative estimate of drug-likeness (QED) is 0.178. The van der Waals surface area contributed by atoms with E-state index in [1.807, 2.05) is 11.3 Å². The largest absolute Gasteiger partial charge is 0.309 e. The molecule has 0 bridgehead atoms. The molecule has 0 unspecified atom stereocenters. The predicted molar refractivity (Wildman–Crippen MR) is 200 cm³/mol. The molecular weight excluding hydrogens is 575 g/mol. The van der Waals surface area contributed by atoms with Crippen molar-refractivity contribution in [1.82, 2.24) is 4.57 Å². The van der Waals surface area contributed by atoms with E-state index in [1.165, 1.54) is 91.5 Å². The van der Waals surface area contributed by atoms with Crippen molar-refractivity contribution in [3.8, 4) is 27.9 Å². The van der Waals surface area contributed by atoms with E-state index in [9.17, 15) is 0 Å². The third kappa shape index (κ3) is 3.68. The van der Waals surface area contributed by atoms with Crippen LogP contribution in [0.5, 0.6) is 0 Å². The van der Waals surface area contributed by atoms with E-state index in [-0.39, 0.29) is 0 Å². The maximum atomic E-state index is 2.44. The molecule has 2 aromatic heterocycles. The fourth-order valence-electron chi connectivity index (χ4n) is 7.60. The van der Waals surface area contributed by atoms with Crippen LogP contribution in [0.2, 0.25) is 0 Å². The summed E-state index contributed by atoms with van der Waals surface area (Å²) >= 11 is 1.89. The molecule has 0 atom stereocenters. The first-order chi connectivity index (χ1) is 22.8. The van der Waals surface area contributed by atoms with Crippen LogP contribution < -0.4 is 0 Å². The van der Waals surface area contributed by atoms with Crippen molar-refractivity contribution in [2.75, 3.05) is 0 Å². The first kappa shape index (κ1) is 25.6. The number of aromatic nitrogens is 1. The highest BCUT2D eigenvalue weighted by atomic mass is 32.1. The van der Waals surface area contributed by atoms with Crippen LogP contribution in [-0.4, -0.2) is 4.57 Å². The van der Waals surface area contributed by atoms with Gasteiger partial charge in [-0.3, -0.25) is 0 Å². The van der Waals surface area contributed by atoms with Gasteiger partial charge >= 0.3 is 0 Å². The summed E-state index contributed by atoms with van der Waals surface area (Å²) in [4.78, 5) is 0. The molecule has 10 rings (SSSR count). The summed E-state index contributed by atoms with van der Waals surface area (Å²) in [7, 11) is 0. The van der Waals surface area contributed by atoms with E-state index in [2.05, 4.69) is 168 Å². The van der Waals surface area contributed by atoms with Gasteiger partial charge in [0, 0.05) is 36.6 Å². The molecule has 0 aliphatic carbocycles. The number of para-hydroxylation sites is 2. The molecule has 0 fully saturated rings. The van der Waals surface area contributed by atoms with Gasteiger partial charge in [-0.25, -0.2) is 0 Å². The molecule has 2 heterocycles. The Hall–Kier alpha value is -5.70. The van der Waals surface area contributed by atoms with Crippen molar-refractivity contribution in [2.45, 2.75) is 0 Å². The van der Waals surface area contributed by atoms with Crippen molar-refractivity contribution in [2.24, 2.45) is 0 Å². The first-order valence-electron chi connectivity index (χ1n) is 15.8. The number of thiophene rings is 1. The van der Waals surface area contributed by atoms with Crippen LogP contribution in [0, 0.1) is 0 Å². The molecule has 0 saturated carbocycles. The van der Waals surface area contributed by atoms with E-state index < -0.39 is 0 Å². The van der Waals surface area contributed by atoms with Gasteiger partial charge in [-0.1, -0.05) is 121 Å². The zero-order chi connectivity index (χ0) is 30.2. The average Bonchev–Trinajstić information content (AvgIpc) is 3.64. The Morgan fingerprint density at radius 2 is 0.870 bits per heavy atom. The Morgan fingerprint density at radius 1 is 0.326 bits per heavy atom. The summed E-state index contributed by atoms with van der Waals surface area (Å²) in [5.74, 6) is 0. The van der Waals surface area contributed by atoms with Gasteiger partial charge in [0.25, 0.3) is 0 Å². The van der Waals surface area contributed by atoms with Crippen LogP contribution in [0.1, 0.15) is 0 Å². The second-order valence-electron chi connectivity index (χ2n) is 12.1. The van der Waals surface area contributed by atoms with Gasteiger partial charge in [-0.05, 0) is 86.3 Å². The van der Waals surface area contributed by atoms with Crippen LogP contribution in [0.3, 0.4) is 0 Å². The molecular formula is C44H27NS. The van der Waals surface area contributed by atoms with E-state index in [4.69, 9.17) is 0 Å². The van der Waals surface area contributed by atoms with E-state index in [0.29, 0.717) is 0 Å². The molecule has 0 aliphatic rings. The SMILES string of the molecule is c1ccc(-c2c3ccccc3c(-c3ccc4sc5cc6c7ccccc7n(-c7ccccc7)c6cc5c4c3)c3ccccc23)cc1. The van der Waals surface area contributed by atoms with Gasteiger partial charge in [-0.2, -0.15) is 0 Å². The molecule has 8 aromatic carbocycles. The van der Waals surface area contributed by atoms with Crippen LogP contribution in [0.25, 0.3) is 91.5 Å². The van der Waals surface area contributed by atoms with Gasteiger partial charge < -0.3 is 4.57 Å². The van der Waals surface area contributed by atoms with Gasteiger partial charge in [0.05, 0.1) is 11.0 Å². The second kappa shape index (κ2) is 9.90. The normalized spacial score (nSPS) is 11.9. The lowest BCUT2D eigenvalue weighted by Gasteiger charge is -2.17. The van der Waals surface area contributed by atoms with E-state index >= 15 is 0 Å². The van der Waals surface area contributed by atoms with Crippen molar-refractivity contribution in [3.63, 3.8) is 0 Å². The van der Waals surface area contributed by atoms with E-state index in [1.54, 1.807) is 0 Å². The van der Waals surface area contributed by atoms with Gasteiger partial charge in [0.1, 0.15) is 0 Å². The minimum atomic E-state index is 1.18.